The Hall–Kier alpha value is -1.33. The van der Waals surface area contributed by atoms with Crippen LogP contribution in [-0.4, -0.2) is 11.1 Å². The molecular weight excluding hydrogens is 283 g/mol. The number of aryl methyl sites for hydroxylation is 1. The molecule has 0 fully saturated rings. The second kappa shape index (κ2) is 6.21. The molecule has 0 atom stereocenters. The van der Waals surface area contributed by atoms with Gasteiger partial charge in [-0.15, -0.1) is 23.1 Å². The first-order valence-corrected chi connectivity index (χ1v) is 7.63. The fourth-order valence-corrected chi connectivity index (χ4v) is 3.56. The van der Waals surface area contributed by atoms with E-state index in [1.165, 1.54) is 39.7 Å². The first-order chi connectivity index (χ1) is 9.10. The minimum atomic E-state index is -1.04. The molecule has 19 heavy (non-hydrogen) atoms. The molecule has 0 aliphatic heterocycles. The van der Waals surface area contributed by atoms with Crippen LogP contribution in [0.15, 0.2) is 35.2 Å². The van der Waals surface area contributed by atoms with Gasteiger partial charge >= 0.3 is 5.97 Å². The Kier molecular flexibility index (Phi) is 4.61. The Morgan fingerprint density at radius 1 is 1.32 bits per heavy atom. The van der Waals surface area contributed by atoms with Crippen LogP contribution in [0.1, 0.15) is 27.0 Å². The van der Waals surface area contributed by atoms with Crippen molar-refractivity contribution in [3.63, 3.8) is 0 Å². The van der Waals surface area contributed by atoms with Crippen molar-refractivity contribution in [2.75, 3.05) is 0 Å². The number of aromatic carboxylic acids is 1. The molecule has 100 valence electrons. The predicted molar refractivity (Wildman–Crippen MR) is 76.6 cm³/mol. The number of hydrogen-bond donors (Lipinski definition) is 1. The highest BCUT2D eigenvalue weighted by atomic mass is 32.2. The summed E-state index contributed by atoms with van der Waals surface area (Å²) in [6, 6.07) is 7.98. The fourth-order valence-electron chi connectivity index (χ4n) is 1.59. The highest BCUT2D eigenvalue weighted by Crippen LogP contribution is 2.29. The Morgan fingerprint density at radius 3 is 2.68 bits per heavy atom. The van der Waals surface area contributed by atoms with Gasteiger partial charge in [0.25, 0.3) is 0 Å². The molecule has 1 aromatic carbocycles. The quantitative estimate of drug-likeness (QED) is 0.829. The molecule has 0 saturated carbocycles. The lowest BCUT2D eigenvalue weighted by Crippen LogP contribution is -1.97. The number of rotatable bonds is 5. The molecule has 0 saturated heterocycles. The Balaban J connectivity index is 2.10. The van der Waals surface area contributed by atoms with Crippen molar-refractivity contribution in [1.82, 2.24) is 0 Å². The van der Waals surface area contributed by atoms with Crippen molar-refractivity contribution in [1.29, 1.82) is 0 Å². The molecule has 0 amide bonds. The van der Waals surface area contributed by atoms with Gasteiger partial charge in [-0.2, -0.15) is 0 Å². The van der Waals surface area contributed by atoms with Crippen LogP contribution in [0.4, 0.5) is 4.39 Å². The number of halogens is 1. The molecule has 0 unspecified atom stereocenters. The zero-order valence-electron chi connectivity index (χ0n) is 10.4. The smallest absolute Gasteiger partial charge is 0.335 e. The minimum Gasteiger partial charge on any atom is -0.478 e. The third kappa shape index (κ3) is 3.58. The highest BCUT2D eigenvalue weighted by molar-refractivity contribution is 7.98. The van der Waals surface area contributed by atoms with Crippen LogP contribution < -0.4 is 0 Å². The lowest BCUT2D eigenvalue weighted by atomic mass is 10.2. The van der Waals surface area contributed by atoms with E-state index in [1.54, 1.807) is 11.3 Å². The van der Waals surface area contributed by atoms with Gasteiger partial charge in [0, 0.05) is 20.4 Å². The number of carboxylic acid groups (broad SMARTS) is 1. The Bertz CT molecular complexity index is 593. The van der Waals surface area contributed by atoms with Crippen LogP contribution in [0.2, 0.25) is 0 Å². The standard InChI is InChI=1S/C14H13FO2S2/c1-2-10-4-5-11(19-10)8-18-13-7-9(14(16)17)3-6-12(13)15/h3-7H,2,8H2,1H3,(H,16,17). The Morgan fingerprint density at radius 2 is 2.05 bits per heavy atom. The fraction of sp³-hybridized carbons (Fsp3) is 0.214. The van der Waals surface area contributed by atoms with Crippen LogP contribution in [0, 0.1) is 5.82 Å². The molecule has 2 rings (SSSR count). The SMILES string of the molecule is CCc1ccc(CSc2cc(C(=O)O)ccc2F)s1. The van der Waals surface area contributed by atoms with Crippen molar-refractivity contribution >= 4 is 29.1 Å². The van der Waals surface area contributed by atoms with E-state index in [9.17, 15) is 9.18 Å². The van der Waals surface area contributed by atoms with E-state index in [1.807, 2.05) is 6.07 Å². The summed E-state index contributed by atoms with van der Waals surface area (Å²) in [5.41, 5.74) is 0.115. The molecule has 0 aliphatic rings. The van der Waals surface area contributed by atoms with E-state index in [-0.39, 0.29) is 11.4 Å². The molecule has 1 N–H and O–H groups in total. The van der Waals surface area contributed by atoms with Crippen molar-refractivity contribution in [3.05, 3.63) is 51.5 Å². The molecule has 0 radical (unpaired) electrons. The lowest BCUT2D eigenvalue weighted by molar-refractivity contribution is 0.0696. The summed E-state index contributed by atoms with van der Waals surface area (Å²) in [7, 11) is 0. The van der Waals surface area contributed by atoms with Crippen LogP contribution in [0.25, 0.3) is 0 Å². The Labute approximate surface area is 119 Å². The first kappa shape index (κ1) is 14.1. The van der Waals surface area contributed by atoms with Crippen molar-refractivity contribution in [2.45, 2.75) is 24.0 Å². The summed E-state index contributed by atoms with van der Waals surface area (Å²) < 4.78 is 13.6. The molecule has 1 heterocycles. The number of carbonyl (C=O) groups is 1. The van der Waals surface area contributed by atoms with Crippen LogP contribution >= 0.6 is 23.1 Å². The van der Waals surface area contributed by atoms with Gasteiger partial charge in [-0.3, -0.25) is 0 Å². The maximum absolute atomic E-state index is 13.6. The van der Waals surface area contributed by atoms with Gasteiger partial charge in [0.1, 0.15) is 5.82 Å². The zero-order chi connectivity index (χ0) is 13.8. The molecule has 2 aromatic rings. The predicted octanol–water partition coefficient (Wildman–Crippen LogP) is 4.44. The number of hydrogen-bond acceptors (Lipinski definition) is 3. The maximum Gasteiger partial charge on any atom is 0.335 e. The van der Waals surface area contributed by atoms with E-state index >= 15 is 0 Å². The number of carboxylic acids is 1. The summed E-state index contributed by atoms with van der Waals surface area (Å²) >= 11 is 3.04. The lowest BCUT2D eigenvalue weighted by Gasteiger charge is -2.03. The van der Waals surface area contributed by atoms with E-state index < -0.39 is 5.97 Å². The number of thiophene rings is 1. The van der Waals surface area contributed by atoms with Gasteiger partial charge in [0.05, 0.1) is 5.56 Å². The largest absolute Gasteiger partial charge is 0.478 e. The highest BCUT2D eigenvalue weighted by Gasteiger charge is 2.09. The van der Waals surface area contributed by atoms with Crippen LogP contribution in [-0.2, 0) is 12.2 Å². The van der Waals surface area contributed by atoms with E-state index in [2.05, 4.69) is 13.0 Å². The van der Waals surface area contributed by atoms with Gasteiger partial charge in [-0.1, -0.05) is 6.92 Å². The zero-order valence-corrected chi connectivity index (χ0v) is 12.0. The van der Waals surface area contributed by atoms with E-state index in [0.29, 0.717) is 10.6 Å². The van der Waals surface area contributed by atoms with Gasteiger partial charge in [-0.05, 0) is 36.8 Å². The molecular formula is C14H13FO2S2. The summed E-state index contributed by atoms with van der Waals surface area (Å²) in [6.07, 6.45) is 0.998. The number of thioether (sulfide) groups is 1. The number of benzene rings is 1. The normalized spacial score (nSPS) is 10.6. The van der Waals surface area contributed by atoms with Gasteiger partial charge in [-0.25, -0.2) is 9.18 Å². The molecule has 0 bridgehead atoms. The van der Waals surface area contributed by atoms with Crippen molar-refractivity contribution in [3.8, 4) is 0 Å². The van der Waals surface area contributed by atoms with Gasteiger partial charge in [0.15, 0.2) is 0 Å². The second-order valence-electron chi connectivity index (χ2n) is 3.96. The van der Waals surface area contributed by atoms with E-state index in [0.717, 1.165) is 6.42 Å². The van der Waals surface area contributed by atoms with Gasteiger partial charge < -0.3 is 5.11 Å². The van der Waals surface area contributed by atoms with Crippen LogP contribution in [0.5, 0.6) is 0 Å². The third-order valence-corrected chi connectivity index (χ3v) is 5.11. The maximum atomic E-state index is 13.6. The molecule has 0 spiro atoms. The first-order valence-electron chi connectivity index (χ1n) is 5.83. The summed E-state index contributed by atoms with van der Waals surface area (Å²) in [5.74, 6) is -0.751. The summed E-state index contributed by atoms with van der Waals surface area (Å²) in [4.78, 5) is 13.7. The summed E-state index contributed by atoms with van der Waals surface area (Å²) in [5, 5.41) is 8.89. The van der Waals surface area contributed by atoms with E-state index in [4.69, 9.17) is 5.11 Å². The second-order valence-corrected chi connectivity index (χ2v) is 6.23. The third-order valence-electron chi connectivity index (χ3n) is 2.61. The van der Waals surface area contributed by atoms with Crippen LogP contribution in [0.3, 0.4) is 0 Å². The average Bonchev–Trinajstić information content (AvgIpc) is 2.85. The van der Waals surface area contributed by atoms with Crippen molar-refractivity contribution < 1.29 is 14.3 Å². The monoisotopic (exact) mass is 296 g/mol. The molecule has 2 nitrogen and oxygen atoms in total. The summed E-state index contributed by atoms with van der Waals surface area (Å²) in [6.45, 7) is 2.10. The molecule has 5 heteroatoms. The topological polar surface area (TPSA) is 37.3 Å². The average molecular weight is 296 g/mol. The van der Waals surface area contributed by atoms with Crippen molar-refractivity contribution in [2.24, 2.45) is 0 Å². The molecule has 0 aliphatic carbocycles. The van der Waals surface area contributed by atoms with Gasteiger partial charge in [0.2, 0.25) is 0 Å². The minimum absolute atomic E-state index is 0.115. The molecule has 1 aromatic heterocycles.